The molecule has 1 unspecified atom stereocenters. The van der Waals surface area contributed by atoms with E-state index in [1.54, 1.807) is 35.6 Å². The van der Waals surface area contributed by atoms with Gasteiger partial charge in [-0.1, -0.05) is 6.07 Å². The van der Waals surface area contributed by atoms with Crippen LogP contribution in [0.4, 0.5) is 4.39 Å². The predicted octanol–water partition coefficient (Wildman–Crippen LogP) is 4.86. The Kier molecular flexibility index (Phi) is 5.71. The molecule has 0 N–H and O–H groups in total. The van der Waals surface area contributed by atoms with Gasteiger partial charge in [0.25, 0.3) is 5.91 Å². The second-order valence-corrected chi connectivity index (χ2v) is 7.89. The average molecular weight is 409 g/mol. The largest absolute Gasteiger partial charge is 0.484 e. The zero-order valence-corrected chi connectivity index (χ0v) is 16.5. The lowest BCUT2D eigenvalue weighted by Crippen LogP contribution is -2.34. The van der Waals surface area contributed by atoms with Crippen molar-refractivity contribution in [2.75, 3.05) is 13.2 Å². The van der Waals surface area contributed by atoms with Crippen LogP contribution in [0.2, 0.25) is 0 Å². The van der Waals surface area contributed by atoms with Gasteiger partial charge < -0.3 is 9.64 Å². The van der Waals surface area contributed by atoms with Crippen molar-refractivity contribution in [3.63, 3.8) is 0 Å². The number of ether oxygens (including phenoxy) is 1. The summed E-state index contributed by atoms with van der Waals surface area (Å²) in [6.45, 7) is 0.711. The van der Waals surface area contributed by atoms with Gasteiger partial charge in [-0.3, -0.25) is 9.59 Å². The van der Waals surface area contributed by atoms with Crippen LogP contribution in [-0.4, -0.2) is 29.7 Å². The summed E-state index contributed by atoms with van der Waals surface area (Å²) in [4.78, 5) is 28.2. The Labute approximate surface area is 172 Å². The first-order valence-corrected chi connectivity index (χ1v) is 10.4. The van der Waals surface area contributed by atoms with E-state index in [9.17, 15) is 14.0 Å². The van der Waals surface area contributed by atoms with Crippen LogP contribution >= 0.6 is 11.3 Å². The quantitative estimate of drug-likeness (QED) is 0.546. The van der Waals surface area contributed by atoms with Gasteiger partial charge in [0.2, 0.25) is 0 Å². The van der Waals surface area contributed by atoms with Crippen LogP contribution in [0.1, 0.15) is 39.7 Å². The highest BCUT2D eigenvalue weighted by Gasteiger charge is 2.30. The number of benzene rings is 2. The van der Waals surface area contributed by atoms with Crippen LogP contribution in [0.25, 0.3) is 0 Å². The number of likely N-dealkylation sites (tertiary alicyclic amines) is 1. The predicted molar refractivity (Wildman–Crippen MR) is 110 cm³/mol. The lowest BCUT2D eigenvalue weighted by molar-refractivity contribution is -0.134. The fourth-order valence-electron chi connectivity index (χ4n) is 3.54. The summed E-state index contributed by atoms with van der Waals surface area (Å²) in [7, 11) is 0. The Morgan fingerprint density at radius 3 is 2.38 bits per heavy atom. The van der Waals surface area contributed by atoms with Crippen molar-refractivity contribution in [3.05, 3.63) is 87.9 Å². The van der Waals surface area contributed by atoms with Crippen LogP contribution < -0.4 is 4.74 Å². The third-order valence-electron chi connectivity index (χ3n) is 5.03. The first-order chi connectivity index (χ1) is 14.1. The molecule has 29 heavy (non-hydrogen) atoms. The first kappa shape index (κ1) is 19.3. The van der Waals surface area contributed by atoms with Gasteiger partial charge in [-0.2, -0.15) is 0 Å². The van der Waals surface area contributed by atoms with Crippen molar-refractivity contribution in [1.82, 2.24) is 4.90 Å². The second kappa shape index (κ2) is 8.57. The maximum atomic E-state index is 13.0. The van der Waals surface area contributed by atoms with Crippen molar-refractivity contribution >= 4 is 23.0 Å². The van der Waals surface area contributed by atoms with Gasteiger partial charge in [-0.05, 0) is 72.8 Å². The number of carbonyl (C=O) groups is 2. The van der Waals surface area contributed by atoms with E-state index in [0.717, 1.165) is 19.4 Å². The minimum atomic E-state index is -0.380. The van der Waals surface area contributed by atoms with Gasteiger partial charge in [0.05, 0.1) is 6.04 Å². The summed E-state index contributed by atoms with van der Waals surface area (Å²) < 4.78 is 18.7. The monoisotopic (exact) mass is 409 g/mol. The van der Waals surface area contributed by atoms with Gasteiger partial charge in [0.15, 0.2) is 12.4 Å². The maximum Gasteiger partial charge on any atom is 0.261 e. The molecule has 2 heterocycles. The summed E-state index contributed by atoms with van der Waals surface area (Å²) in [5, 5.41) is 2.03. The molecule has 2 aromatic carbocycles. The number of halogens is 1. The van der Waals surface area contributed by atoms with Crippen molar-refractivity contribution in [3.8, 4) is 5.75 Å². The Hall–Kier alpha value is -2.99. The minimum Gasteiger partial charge on any atom is -0.484 e. The Morgan fingerprint density at radius 2 is 1.72 bits per heavy atom. The molecule has 148 valence electrons. The summed E-state index contributed by atoms with van der Waals surface area (Å²) in [6.07, 6.45) is 1.97. The lowest BCUT2D eigenvalue weighted by atomic mass is 10.0. The molecule has 1 aliphatic rings. The van der Waals surface area contributed by atoms with Crippen molar-refractivity contribution in [2.45, 2.75) is 18.9 Å². The van der Waals surface area contributed by atoms with Crippen molar-refractivity contribution < 1.29 is 18.7 Å². The molecule has 4 nitrogen and oxygen atoms in total. The van der Waals surface area contributed by atoms with Gasteiger partial charge in [-0.25, -0.2) is 4.39 Å². The summed E-state index contributed by atoms with van der Waals surface area (Å²) in [6, 6.07) is 16.3. The number of hydrogen-bond donors (Lipinski definition) is 0. The number of thiophene rings is 1. The smallest absolute Gasteiger partial charge is 0.261 e. The maximum absolute atomic E-state index is 13.0. The molecule has 3 aromatic rings. The van der Waals surface area contributed by atoms with Gasteiger partial charge in [0.1, 0.15) is 11.6 Å². The van der Waals surface area contributed by atoms with E-state index in [1.165, 1.54) is 29.1 Å². The molecule has 4 rings (SSSR count). The zero-order chi connectivity index (χ0) is 20.2. The van der Waals surface area contributed by atoms with Gasteiger partial charge in [0, 0.05) is 22.5 Å². The Morgan fingerprint density at radius 1 is 1.03 bits per heavy atom. The van der Waals surface area contributed by atoms with Crippen LogP contribution in [0, 0.1) is 5.82 Å². The third-order valence-corrected chi connectivity index (χ3v) is 6.00. The van der Waals surface area contributed by atoms with E-state index in [2.05, 4.69) is 6.07 Å². The van der Waals surface area contributed by atoms with Crippen LogP contribution in [0.5, 0.6) is 5.75 Å². The summed E-state index contributed by atoms with van der Waals surface area (Å²) in [5.74, 6) is -0.0778. The molecule has 1 aromatic heterocycles. The number of ketones is 1. The highest BCUT2D eigenvalue weighted by atomic mass is 32.1. The van der Waals surface area contributed by atoms with Crippen molar-refractivity contribution in [2.24, 2.45) is 0 Å². The molecular formula is C23H20FNO3S. The SMILES string of the molecule is O=C(c1ccc(F)cc1)c1ccc(OCC(=O)N2CCCC2c2cccs2)cc1. The van der Waals surface area contributed by atoms with Crippen LogP contribution in [0.3, 0.4) is 0 Å². The van der Waals surface area contributed by atoms with E-state index in [4.69, 9.17) is 4.74 Å². The highest BCUT2D eigenvalue weighted by molar-refractivity contribution is 7.10. The van der Waals surface area contributed by atoms with E-state index < -0.39 is 0 Å². The molecule has 1 fully saturated rings. The number of hydrogen-bond acceptors (Lipinski definition) is 4. The molecule has 1 amide bonds. The normalized spacial score (nSPS) is 16.0. The Balaban J connectivity index is 1.36. The number of carbonyl (C=O) groups excluding carboxylic acids is 2. The lowest BCUT2D eigenvalue weighted by Gasteiger charge is -2.24. The molecule has 6 heteroatoms. The minimum absolute atomic E-state index is 0.0346. The van der Waals surface area contributed by atoms with Crippen LogP contribution in [-0.2, 0) is 4.79 Å². The molecule has 0 radical (unpaired) electrons. The van der Waals surface area contributed by atoms with E-state index in [1.807, 2.05) is 16.3 Å². The summed E-state index contributed by atoms with van der Waals surface area (Å²) >= 11 is 1.67. The third kappa shape index (κ3) is 4.38. The molecule has 0 aliphatic carbocycles. The standard InChI is InChI=1S/C23H20FNO3S/c24-18-9-5-16(6-10-18)23(27)17-7-11-19(12-8-17)28-15-22(26)25-13-1-3-20(25)21-4-2-14-29-21/h2,4-12,14,20H,1,3,13,15H2. The second-order valence-electron chi connectivity index (χ2n) is 6.91. The highest BCUT2D eigenvalue weighted by Crippen LogP contribution is 2.34. The number of rotatable bonds is 6. The molecule has 0 bridgehead atoms. The molecule has 1 atom stereocenters. The first-order valence-electron chi connectivity index (χ1n) is 9.48. The molecule has 0 spiro atoms. The summed E-state index contributed by atoms with van der Waals surface area (Å²) in [5.41, 5.74) is 0.900. The number of nitrogens with zero attached hydrogens (tertiary/aromatic N) is 1. The zero-order valence-electron chi connectivity index (χ0n) is 15.7. The molecular weight excluding hydrogens is 389 g/mol. The topological polar surface area (TPSA) is 46.6 Å². The van der Waals surface area contributed by atoms with Crippen molar-refractivity contribution in [1.29, 1.82) is 0 Å². The molecule has 1 aliphatic heterocycles. The fraction of sp³-hybridized carbons (Fsp3) is 0.217. The Bertz CT molecular complexity index is 984. The number of amides is 1. The average Bonchev–Trinajstić information content (AvgIpc) is 3.44. The van der Waals surface area contributed by atoms with E-state index >= 15 is 0 Å². The van der Waals surface area contributed by atoms with Gasteiger partial charge >= 0.3 is 0 Å². The van der Waals surface area contributed by atoms with Crippen LogP contribution in [0.15, 0.2) is 66.0 Å². The molecule has 1 saturated heterocycles. The van der Waals surface area contributed by atoms with E-state index in [0.29, 0.717) is 16.9 Å². The van der Waals surface area contributed by atoms with E-state index in [-0.39, 0.29) is 30.2 Å². The molecule has 0 saturated carbocycles. The van der Waals surface area contributed by atoms with Gasteiger partial charge in [-0.15, -0.1) is 11.3 Å². The fourth-order valence-corrected chi connectivity index (χ4v) is 4.41.